The summed E-state index contributed by atoms with van der Waals surface area (Å²) >= 11 is 0. The minimum Gasteiger partial charge on any atom is -0.467 e. The van der Waals surface area contributed by atoms with Crippen LogP contribution in [-0.4, -0.2) is 35.2 Å². The van der Waals surface area contributed by atoms with Crippen molar-refractivity contribution in [1.29, 1.82) is 0 Å². The van der Waals surface area contributed by atoms with E-state index in [4.69, 9.17) is 4.74 Å². The lowest BCUT2D eigenvalue weighted by molar-refractivity contribution is -0.144. The molecule has 1 aliphatic heterocycles. The third kappa shape index (κ3) is 4.33. The average molecular weight is 530 g/mol. The molecule has 1 fully saturated rings. The fraction of sp³-hybridized carbons (Fsp3) is 0.355. The number of methoxy groups -OCH3 is 1. The highest BCUT2D eigenvalue weighted by Crippen LogP contribution is 2.51. The van der Waals surface area contributed by atoms with E-state index in [0.717, 1.165) is 40.1 Å². The van der Waals surface area contributed by atoms with Gasteiger partial charge in [0, 0.05) is 23.3 Å². The van der Waals surface area contributed by atoms with Gasteiger partial charge in [-0.2, -0.15) is 0 Å². The first-order chi connectivity index (χ1) is 18.7. The molecule has 0 saturated heterocycles. The van der Waals surface area contributed by atoms with Crippen LogP contribution in [0.4, 0.5) is 10.1 Å². The number of carbonyl (C=O) groups excluding carboxylic acids is 2. The van der Waals surface area contributed by atoms with Crippen LogP contribution in [0, 0.1) is 11.7 Å². The number of hydrogen-bond donors (Lipinski definition) is 3. The summed E-state index contributed by atoms with van der Waals surface area (Å²) in [5.41, 5.74) is 7.82. The van der Waals surface area contributed by atoms with Crippen molar-refractivity contribution in [1.82, 2.24) is 10.7 Å². The second kappa shape index (κ2) is 9.38. The molecule has 1 amide bonds. The Labute approximate surface area is 227 Å². The van der Waals surface area contributed by atoms with Gasteiger partial charge < -0.3 is 20.6 Å². The number of nitrogens with zero attached hydrogens (tertiary/aromatic N) is 1. The largest absolute Gasteiger partial charge is 0.467 e. The van der Waals surface area contributed by atoms with Crippen molar-refractivity contribution in [3.63, 3.8) is 0 Å². The van der Waals surface area contributed by atoms with E-state index in [-0.39, 0.29) is 17.6 Å². The minimum absolute atomic E-state index is 0.00114. The van der Waals surface area contributed by atoms with E-state index in [2.05, 4.69) is 23.7 Å². The summed E-state index contributed by atoms with van der Waals surface area (Å²) in [6.45, 7) is 2.11. The third-order valence-corrected chi connectivity index (χ3v) is 8.59. The third-order valence-electron chi connectivity index (χ3n) is 8.59. The van der Waals surface area contributed by atoms with Crippen LogP contribution in [0.5, 0.6) is 0 Å². The van der Waals surface area contributed by atoms with Crippen molar-refractivity contribution < 1.29 is 23.8 Å². The Kier molecular flexibility index (Phi) is 6.10. The van der Waals surface area contributed by atoms with Crippen LogP contribution in [0.3, 0.4) is 0 Å². The molecular formula is C31H32FN3O4. The molecule has 8 heteroatoms. The number of aliphatic hydroxyl groups is 1. The Morgan fingerprint density at radius 3 is 2.62 bits per heavy atom. The summed E-state index contributed by atoms with van der Waals surface area (Å²) in [6.07, 6.45) is 7.60. The molecule has 7 nitrogen and oxygen atoms in total. The summed E-state index contributed by atoms with van der Waals surface area (Å²) in [4.78, 5) is 25.3. The number of anilines is 1. The van der Waals surface area contributed by atoms with Crippen LogP contribution in [0.1, 0.15) is 54.9 Å². The topological polar surface area (TPSA) is 90.9 Å². The first-order valence-electron chi connectivity index (χ1n) is 13.4. The van der Waals surface area contributed by atoms with Crippen molar-refractivity contribution in [2.45, 2.75) is 56.6 Å². The number of hydrogen-bond acceptors (Lipinski definition) is 6. The van der Waals surface area contributed by atoms with E-state index in [1.807, 2.05) is 29.4 Å². The molecule has 3 N–H and O–H groups in total. The van der Waals surface area contributed by atoms with E-state index in [1.165, 1.54) is 19.2 Å². The first kappa shape index (κ1) is 25.4. The number of carbonyl (C=O) groups is 2. The Bertz CT molecular complexity index is 1440. The monoisotopic (exact) mass is 529 g/mol. The molecule has 0 radical (unpaired) electrons. The zero-order chi connectivity index (χ0) is 27.4. The second-order valence-electron chi connectivity index (χ2n) is 10.9. The molecule has 0 unspecified atom stereocenters. The summed E-state index contributed by atoms with van der Waals surface area (Å²) < 4.78 is 18.4. The number of esters is 1. The predicted octanol–water partition coefficient (Wildman–Crippen LogP) is 4.46. The minimum atomic E-state index is -0.992. The maximum Gasteiger partial charge on any atom is 0.331 e. The van der Waals surface area contributed by atoms with Gasteiger partial charge in [0.05, 0.1) is 24.1 Å². The van der Waals surface area contributed by atoms with Gasteiger partial charge in [-0.1, -0.05) is 25.1 Å². The number of halogens is 1. The van der Waals surface area contributed by atoms with Crippen LogP contribution in [0.2, 0.25) is 0 Å². The van der Waals surface area contributed by atoms with Crippen LogP contribution in [-0.2, 0) is 16.0 Å². The number of nitrogens with one attached hydrogen (secondary N) is 2. The van der Waals surface area contributed by atoms with Crippen molar-refractivity contribution in [2.75, 3.05) is 12.1 Å². The summed E-state index contributed by atoms with van der Waals surface area (Å²) in [6, 6.07) is 13.7. The number of ether oxygens (including phenoxy) is 1. The molecule has 1 heterocycles. The molecule has 2 aromatic carbocycles. The van der Waals surface area contributed by atoms with Crippen LogP contribution in [0.15, 0.2) is 83.2 Å². The zero-order valence-electron chi connectivity index (χ0n) is 22.1. The quantitative estimate of drug-likeness (QED) is 0.459. The molecule has 3 aliphatic carbocycles. The van der Waals surface area contributed by atoms with Crippen LogP contribution < -0.4 is 15.8 Å². The fourth-order valence-electron chi connectivity index (χ4n) is 6.31. The number of fused-ring (bicyclic) bond motifs is 1. The van der Waals surface area contributed by atoms with Gasteiger partial charge >= 0.3 is 5.97 Å². The fourth-order valence-corrected chi connectivity index (χ4v) is 6.31. The van der Waals surface area contributed by atoms with E-state index in [0.29, 0.717) is 37.7 Å². The number of benzene rings is 2. The lowest BCUT2D eigenvalue weighted by Crippen LogP contribution is -2.44. The smallest absolute Gasteiger partial charge is 0.331 e. The van der Waals surface area contributed by atoms with Crippen molar-refractivity contribution in [3.05, 3.63) is 100 Å². The number of rotatable bonds is 7. The van der Waals surface area contributed by atoms with Crippen LogP contribution >= 0.6 is 0 Å². The van der Waals surface area contributed by atoms with Gasteiger partial charge in [-0.15, -0.1) is 0 Å². The standard InChI is InChI=1S/C31H32FN3O4/c1-19-25-18-33-35(23-9-7-22(32)8-10-23)26(25)17-21-12-14-31(38,27(19)21)13-11-20-5-3-4-6-24(20)28(36)34-30(15-16-30)29(37)39-2/h3-10,17-19,33,38H,11-16H2,1-2H3,(H,34,36)/t19-,31+/m0/s1. The predicted molar refractivity (Wildman–Crippen MR) is 145 cm³/mol. The maximum atomic E-state index is 13.5. The van der Waals surface area contributed by atoms with Crippen LogP contribution in [0.25, 0.3) is 0 Å². The van der Waals surface area contributed by atoms with Gasteiger partial charge in [0.15, 0.2) is 0 Å². The molecule has 39 heavy (non-hydrogen) atoms. The zero-order valence-corrected chi connectivity index (χ0v) is 22.1. The number of amides is 1. The van der Waals surface area contributed by atoms with Gasteiger partial charge in [0.2, 0.25) is 0 Å². The highest BCUT2D eigenvalue weighted by atomic mass is 19.1. The van der Waals surface area contributed by atoms with Gasteiger partial charge in [-0.3, -0.25) is 9.80 Å². The van der Waals surface area contributed by atoms with E-state index in [1.54, 1.807) is 18.2 Å². The Hall–Kier alpha value is -3.91. The molecule has 2 atom stereocenters. The molecule has 202 valence electrons. The van der Waals surface area contributed by atoms with Crippen molar-refractivity contribution >= 4 is 17.6 Å². The highest BCUT2D eigenvalue weighted by Gasteiger charge is 2.52. The number of allylic oxidation sites excluding steroid dienone is 3. The summed E-state index contributed by atoms with van der Waals surface area (Å²) in [7, 11) is 1.33. The lowest BCUT2D eigenvalue weighted by Gasteiger charge is -2.34. The number of aryl methyl sites for hydroxylation is 1. The molecule has 0 spiro atoms. The van der Waals surface area contributed by atoms with E-state index < -0.39 is 17.1 Å². The number of hydrazine groups is 1. The first-order valence-corrected chi connectivity index (χ1v) is 13.4. The van der Waals surface area contributed by atoms with Crippen molar-refractivity contribution in [2.24, 2.45) is 5.92 Å². The Morgan fingerprint density at radius 2 is 1.90 bits per heavy atom. The highest BCUT2D eigenvalue weighted by molar-refractivity contribution is 6.00. The van der Waals surface area contributed by atoms with Gasteiger partial charge in [0.1, 0.15) is 11.4 Å². The molecule has 4 aliphatic rings. The molecular weight excluding hydrogens is 497 g/mol. The SMILES string of the molecule is COC(=O)C1(NC(=O)c2ccccc2CC[C@@]2(O)CCC3=C2[C@@H](C)C2=CNN(c4ccc(F)cc4)C2=C3)CC1. The van der Waals surface area contributed by atoms with Gasteiger partial charge in [-0.25, -0.2) is 9.18 Å². The van der Waals surface area contributed by atoms with Gasteiger partial charge in [-0.05, 0) is 91.6 Å². The van der Waals surface area contributed by atoms with E-state index >= 15 is 0 Å². The van der Waals surface area contributed by atoms with Crippen molar-refractivity contribution in [3.8, 4) is 0 Å². The summed E-state index contributed by atoms with van der Waals surface area (Å²) in [5, 5.41) is 16.8. The maximum absolute atomic E-state index is 13.5. The Morgan fingerprint density at radius 1 is 1.15 bits per heavy atom. The molecule has 1 saturated carbocycles. The van der Waals surface area contributed by atoms with E-state index in [9.17, 15) is 19.1 Å². The molecule has 2 aromatic rings. The normalized spacial score (nSPS) is 24.3. The second-order valence-corrected chi connectivity index (χ2v) is 10.9. The van der Waals surface area contributed by atoms with Gasteiger partial charge in [0.25, 0.3) is 5.91 Å². The lowest BCUT2D eigenvalue weighted by atomic mass is 9.76. The average Bonchev–Trinajstić information content (AvgIpc) is 3.47. The Balaban J connectivity index is 1.22. The molecule has 0 aromatic heterocycles. The summed E-state index contributed by atoms with van der Waals surface area (Å²) in [5.74, 6) is -0.995. The molecule has 0 bridgehead atoms. The molecule has 6 rings (SSSR count).